The van der Waals surface area contributed by atoms with Crippen LogP contribution in [0.3, 0.4) is 0 Å². The Morgan fingerprint density at radius 3 is 2.73 bits per heavy atom. The first-order valence-electron chi connectivity index (χ1n) is 5.43. The van der Waals surface area contributed by atoms with E-state index in [-0.39, 0.29) is 0 Å². The van der Waals surface area contributed by atoms with Gasteiger partial charge in [-0.2, -0.15) is 0 Å². The van der Waals surface area contributed by atoms with Gasteiger partial charge in [-0.1, -0.05) is 12.1 Å². The number of ether oxygens (including phenoxy) is 1. The van der Waals surface area contributed by atoms with E-state index in [0.29, 0.717) is 6.54 Å². The Hall–Kier alpha value is -1.06. The molecule has 0 amide bonds. The average Bonchev–Trinajstić information content (AvgIpc) is 2.30. The number of benzene rings is 1. The van der Waals surface area contributed by atoms with Crippen LogP contribution in [0.15, 0.2) is 18.2 Å². The second kappa shape index (κ2) is 4.64. The Morgan fingerprint density at radius 2 is 2.07 bits per heavy atom. The Morgan fingerprint density at radius 1 is 1.33 bits per heavy atom. The standard InChI is InChI=1S/C12H18N2O/c1-10-2-3-11(9-13)12(8-10)14-4-6-15-7-5-14/h2-3,8H,4-7,9,13H2,1H3. The molecule has 1 saturated heterocycles. The topological polar surface area (TPSA) is 38.5 Å². The van der Waals surface area contributed by atoms with E-state index in [9.17, 15) is 0 Å². The molecule has 1 aliphatic heterocycles. The predicted octanol–water partition coefficient (Wildman–Crippen LogP) is 1.29. The highest BCUT2D eigenvalue weighted by Gasteiger charge is 2.13. The van der Waals surface area contributed by atoms with Gasteiger partial charge < -0.3 is 15.4 Å². The van der Waals surface area contributed by atoms with Gasteiger partial charge in [-0.3, -0.25) is 0 Å². The largest absolute Gasteiger partial charge is 0.378 e. The van der Waals surface area contributed by atoms with Gasteiger partial charge in [0.05, 0.1) is 13.2 Å². The summed E-state index contributed by atoms with van der Waals surface area (Å²) >= 11 is 0. The van der Waals surface area contributed by atoms with Gasteiger partial charge in [0.2, 0.25) is 0 Å². The summed E-state index contributed by atoms with van der Waals surface area (Å²) in [5.41, 5.74) is 9.54. The minimum absolute atomic E-state index is 0.604. The average molecular weight is 206 g/mol. The highest BCUT2D eigenvalue weighted by Crippen LogP contribution is 2.22. The molecule has 0 unspecified atom stereocenters. The molecule has 0 radical (unpaired) electrons. The van der Waals surface area contributed by atoms with E-state index < -0.39 is 0 Å². The highest BCUT2D eigenvalue weighted by atomic mass is 16.5. The van der Waals surface area contributed by atoms with Gasteiger partial charge in [0, 0.05) is 25.3 Å². The van der Waals surface area contributed by atoms with Crippen molar-refractivity contribution < 1.29 is 4.74 Å². The van der Waals surface area contributed by atoms with Crippen LogP contribution in [-0.4, -0.2) is 26.3 Å². The maximum absolute atomic E-state index is 5.75. The molecule has 2 N–H and O–H groups in total. The Kier molecular flexibility index (Phi) is 3.23. The van der Waals surface area contributed by atoms with Crippen molar-refractivity contribution >= 4 is 5.69 Å². The molecule has 0 atom stereocenters. The van der Waals surface area contributed by atoms with Crippen molar-refractivity contribution in [1.82, 2.24) is 0 Å². The van der Waals surface area contributed by atoms with E-state index in [1.807, 2.05) is 0 Å². The van der Waals surface area contributed by atoms with E-state index >= 15 is 0 Å². The zero-order valence-corrected chi connectivity index (χ0v) is 9.20. The number of nitrogens with two attached hydrogens (primary N) is 1. The van der Waals surface area contributed by atoms with Crippen molar-refractivity contribution in [2.45, 2.75) is 13.5 Å². The predicted molar refractivity (Wildman–Crippen MR) is 62.1 cm³/mol. The van der Waals surface area contributed by atoms with Crippen LogP contribution in [0.4, 0.5) is 5.69 Å². The first kappa shape index (κ1) is 10.5. The summed E-state index contributed by atoms with van der Waals surface area (Å²) < 4.78 is 5.35. The molecule has 0 spiro atoms. The van der Waals surface area contributed by atoms with Gasteiger partial charge in [0.25, 0.3) is 0 Å². The monoisotopic (exact) mass is 206 g/mol. The van der Waals surface area contributed by atoms with Gasteiger partial charge in [0.15, 0.2) is 0 Å². The number of aryl methyl sites for hydroxylation is 1. The Balaban J connectivity index is 2.27. The van der Waals surface area contributed by atoms with Crippen molar-refractivity contribution in [3.05, 3.63) is 29.3 Å². The van der Waals surface area contributed by atoms with Gasteiger partial charge >= 0.3 is 0 Å². The minimum Gasteiger partial charge on any atom is -0.378 e. The molecule has 82 valence electrons. The molecular formula is C12H18N2O. The molecule has 3 nitrogen and oxygen atoms in total. The zero-order chi connectivity index (χ0) is 10.7. The lowest BCUT2D eigenvalue weighted by Gasteiger charge is -2.30. The molecule has 0 saturated carbocycles. The van der Waals surface area contributed by atoms with Crippen LogP contribution in [0.5, 0.6) is 0 Å². The third-order valence-electron chi connectivity index (χ3n) is 2.81. The molecule has 0 bridgehead atoms. The normalized spacial score (nSPS) is 16.8. The van der Waals surface area contributed by atoms with E-state index in [1.54, 1.807) is 0 Å². The summed E-state index contributed by atoms with van der Waals surface area (Å²) in [4.78, 5) is 2.36. The molecule has 1 aromatic rings. The van der Waals surface area contributed by atoms with Crippen molar-refractivity contribution in [2.24, 2.45) is 5.73 Å². The summed E-state index contributed by atoms with van der Waals surface area (Å²) in [5.74, 6) is 0. The summed E-state index contributed by atoms with van der Waals surface area (Å²) in [5, 5.41) is 0. The lowest BCUT2D eigenvalue weighted by molar-refractivity contribution is 0.122. The molecule has 1 aliphatic rings. The van der Waals surface area contributed by atoms with E-state index in [2.05, 4.69) is 30.0 Å². The number of anilines is 1. The van der Waals surface area contributed by atoms with E-state index in [0.717, 1.165) is 26.3 Å². The van der Waals surface area contributed by atoms with Crippen LogP contribution in [0.1, 0.15) is 11.1 Å². The number of hydrogen-bond donors (Lipinski definition) is 1. The van der Waals surface area contributed by atoms with Crippen LogP contribution in [0, 0.1) is 6.92 Å². The van der Waals surface area contributed by atoms with E-state index in [1.165, 1.54) is 16.8 Å². The highest BCUT2D eigenvalue weighted by molar-refractivity contribution is 5.55. The van der Waals surface area contributed by atoms with E-state index in [4.69, 9.17) is 10.5 Å². The molecule has 15 heavy (non-hydrogen) atoms. The third kappa shape index (κ3) is 2.30. The summed E-state index contributed by atoms with van der Waals surface area (Å²) in [6.45, 7) is 6.29. The SMILES string of the molecule is Cc1ccc(CN)c(N2CCOCC2)c1. The first-order chi connectivity index (χ1) is 7.31. The smallest absolute Gasteiger partial charge is 0.0642 e. The second-order valence-corrected chi connectivity index (χ2v) is 3.94. The number of nitrogens with zero attached hydrogens (tertiary/aromatic N) is 1. The van der Waals surface area contributed by atoms with Gasteiger partial charge in [-0.25, -0.2) is 0 Å². The summed E-state index contributed by atoms with van der Waals surface area (Å²) in [6, 6.07) is 6.46. The summed E-state index contributed by atoms with van der Waals surface area (Å²) in [6.07, 6.45) is 0. The van der Waals surface area contributed by atoms with Crippen LogP contribution < -0.4 is 10.6 Å². The Bertz CT molecular complexity index is 332. The number of morpholine rings is 1. The molecular weight excluding hydrogens is 188 g/mol. The molecule has 2 rings (SSSR count). The van der Waals surface area contributed by atoms with Crippen molar-refractivity contribution in [2.75, 3.05) is 31.2 Å². The molecule has 0 aromatic heterocycles. The van der Waals surface area contributed by atoms with Crippen molar-refractivity contribution in [3.8, 4) is 0 Å². The zero-order valence-electron chi connectivity index (χ0n) is 9.20. The van der Waals surface area contributed by atoms with Crippen molar-refractivity contribution in [3.63, 3.8) is 0 Å². The molecule has 1 aromatic carbocycles. The lowest BCUT2D eigenvalue weighted by Crippen LogP contribution is -2.37. The fourth-order valence-corrected chi connectivity index (χ4v) is 1.95. The molecule has 1 fully saturated rings. The van der Waals surface area contributed by atoms with Crippen LogP contribution in [0.2, 0.25) is 0 Å². The maximum atomic E-state index is 5.75. The van der Waals surface area contributed by atoms with Gasteiger partial charge in [0.1, 0.15) is 0 Å². The Labute approximate surface area is 90.8 Å². The second-order valence-electron chi connectivity index (χ2n) is 3.94. The minimum atomic E-state index is 0.604. The number of hydrogen-bond acceptors (Lipinski definition) is 3. The van der Waals surface area contributed by atoms with Gasteiger partial charge in [-0.15, -0.1) is 0 Å². The number of rotatable bonds is 2. The fraction of sp³-hybridized carbons (Fsp3) is 0.500. The van der Waals surface area contributed by atoms with Crippen LogP contribution >= 0.6 is 0 Å². The van der Waals surface area contributed by atoms with Gasteiger partial charge in [-0.05, 0) is 24.1 Å². The molecule has 0 aliphatic carbocycles. The quantitative estimate of drug-likeness (QED) is 0.792. The lowest BCUT2D eigenvalue weighted by atomic mass is 10.1. The first-order valence-corrected chi connectivity index (χ1v) is 5.43. The van der Waals surface area contributed by atoms with Crippen LogP contribution in [0.25, 0.3) is 0 Å². The third-order valence-corrected chi connectivity index (χ3v) is 2.81. The summed E-state index contributed by atoms with van der Waals surface area (Å²) in [7, 11) is 0. The van der Waals surface area contributed by atoms with Crippen molar-refractivity contribution in [1.29, 1.82) is 0 Å². The van der Waals surface area contributed by atoms with Crippen LogP contribution in [-0.2, 0) is 11.3 Å². The maximum Gasteiger partial charge on any atom is 0.0642 e. The molecule has 1 heterocycles. The molecule has 3 heteroatoms. The fourth-order valence-electron chi connectivity index (χ4n) is 1.95.